The van der Waals surface area contributed by atoms with E-state index in [4.69, 9.17) is 5.73 Å². The Morgan fingerprint density at radius 3 is 3.00 bits per heavy atom. The van der Waals surface area contributed by atoms with E-state index in [9.17, 15) is 0 Å². The lowest BCUT2D eigenvalue weighted by Crippen LogP contribution is -1.90. The van der Waals surface area contributed by atoms with E-state index >= 15 is 0 Å². The van der Waals surface area contributed by atoms with Crippen LogP contribution >= 0.6 is 11.8 Å². The van der Waals surface area contributed by atoms with Crippen molar-refractivity contribution >= 4 is 18.0 Å². The van der Waals surface area contributed by atoms with Crippen LogP contribution in [0.5, 0.6) is 0 Å². The molecule has 0 amide bonds. The molecule has 1 aliphatic heterocycles. The highest BCUT2D eigenvalue weighted by Crippen LogP contribution is 2.10. The van der Waals surface area contributed by atoms with Crippen molar-refractivity contribution in [2.24, 2.45) is 4.99 Å². The second-order valence-corrected chi connectivity index (χ2v) is 2.08. The molecule has 6 heavy (non-hydrogen) atoms. The van der Waals surface area contributed by atoms with Gasteiger partial charge < -0.3 is 0 Å². The molecule has 1 unspecified atom stereocenters. The van der Waals surface area contributed by atoms with Crippen molar-refractivity contribution < 1.29 is 0 Å². The summed E-state index contributed by atoms with van der Waals surface area (Å²) in [4.78, 5) is 3.63. The van der Waals surface area contributed by atoms with Crippen molar-refractivity contribution in [2.75, 3.05) is 5.75 Å². The quantitative estimate of drug-likeness (QED) is 0.427. The van der Waals surface area contributed by atoms with E-state index in [1.807, 2.05) is 0 Å². The third kappa shape index (κ3) is 0.725. The zero-order valence-corrected chi connectivity index (χ0v) is 3.98. The minimum absolute atomic E-state index is 0.468. The van der Waals surface area contributed by atoms with Gasteiger partial charge in [-0.1, -0.05) is 0 Å². The average Bonchev–Trinajstić information content (AvgIpc) is 1.86. The third-order valence-corrected chi connectivity index (χ3v) is 1.31. The fourth-order valence-electron chi connectivity index (χ4n) is 0.305. The zero-order valence-electron chi connectivity index (χ0n) is 3.16. The molecule has 1 atom stereocenters. The lowest BCUT2D eigenvalue weighted by molar-refractivity contribution is 0.971. The molecular weight excluding hydrogens is 96.1 g/mol. The Morgan fingerprint density at radius 1 is 2.00 bits per heavy atom. The molecular formula is C3H4N2S. The second kappa shape index (κ2) is 1.62. The average molecular weight is 100 g/mol. The van der Waals surface area contributed by atoms with Crippen LogP contribution in [0.4, 0.5) is 0 Å². The van der Waals surface area contributed by atoms with E-state index in [1.165, 1.54) is 11.8 Å². The highest BCUT2D eigenvalue weighted by Gasteiger charge is 2.03. The minimum Gasteiger partial charge on any atom is -0.264 e. The van der Waals surface area contributed by atoms with Crippen LogP contribution in [-0.2, 0) is 0 Å². The van der Waals surface area contributed by atoms with Crippen LogP contribution in [0.2, 0.25) is 0 Å². The Hall–Kier alpha value is -0.0200. The molecule has 0 bridgehead atoms. The van der Waals surface area contributed by atoms with Gasteiger partial charge in [-0.15, -0.1) is 17.5 Å². The fourth-order valence-corrected chi connectivity index (χ4v) is 0.822. The highest BCUT2D eigenvalue weighted by molar-refractivity contribution is 8.00. The molecule has 0 spiro atoms. The molecule has 0 fully saturated rings. The first-order chi connectivity index (χ1) is 2.89. The number of hydrogen-bond acceptors (Lipinski definition) is 2. The topological polar surface area (TPSA) is 34.7 Å². The largest absolute Gasteiger partial charge is 0.264 e. The van der Waals surface area contributed by atoms with Gasteiger partial charge in [-0.3, -0.25) is 4.99 Å². The van der Waals surface area contributed by atoms with Crippen molar-refractivity contribution in [3.63, 3.8) is 0 Å². The van der Waals surface area contributed by atoms with Crippen LogP contribution < -0.4 is 5.73 Å². The van der Waals surface area contributed by atoms with Crippen LogP contribution in [0, 0.1) is 0 Å². The van der Waals surface area contributed by atoms with Gasteiger partial charge in [0.2, 0.25) is 0 Å². The lowest BCUT2D eigenvalue weighted by Gasteiger charge is -1.85. The minimum atomic E-state index is -0.468. The molecule has 2 nitrogen and oxygen atoms in total. The molecule has 1 aliphatic rings. The van der Waals surface area contributed by atoms with Gasteiger partial charge in [0.05, 0.1) is 0 Å². The van der Waals surface area contributed by atoms with Crippen molar-refractivity contribution in [2.45, 2.75) is 5.50 Å². The maximum atomic E-state index is 8.49. The molecule has 1 heterocycles. The standard InChI is InChI=1S/C3H4N2S/c4-3-5-1-2-6-3/h1,3H,2H2. The van der Waals surface area contributed by atoms with Crippen molar-refractivity contribution in [3.05, 3.63) is 0 Å². The number of thioether (sulfide) groups is 1. The predicted molar refractivity (Wildman–Crippen MR) is 26.9 cm³/mol. The summed E-state index contributed by atoms with van der Waals surface area (Å²) in [6.45, 7) is 0. The van der Waals surface area contributed by atoms with Crippen LogP contribution in [0.25, 0.3) is 0 Å². The molecule has 2 radical (unpaired) electrons. The molecule has 32 valence electrons. The van der Waals surface area contributed by atoms with E-state index in [0.29, 0.717) is 0 Å². The van der Waals surface area contributed by atoms with E-state index < -0.39 is 5.50 Å². The van der Waals surface area contributed by atoms with Gasteiger partial charge in [0.15, 0.2) is 5.50 Å². The molecule has 0 aromatic rings. The smallest absolute Gasteiger partial charge is 0.179 e. The Kier molecular flexibility index (Phi) is 1.12. The van der Waals surface area contributed by atoms with Crippen LogP contribution in [-0.4, -0.2) is 17.5 Å². The van der Waals surface area contributed by atoms with Gasteiger partial charge in [0.25, 0.3) is 0 Å². The maximum Gasteiger partial charge on any atom is 0.179 e. The molecule has 1 rings (SSSR count). The molecule has 0 N–H and O–H groups in total. The summed E-state index contributed by atoms with van der Waals surface area (Å²) in [6, 6.07) is 0. The van der Waals surface area contributed by atoms with E-state index in [1.54, 1.807) is 6.21 Å². The molecule has 0 saturated heterocycles. The van der Waals surface area contributed by atoms with Crippen LogP contribution in [0.1, 0.15) is 0 Å². The van der Waals surface area contributed by atoms with E-state index in [0.717, 1.165) is 5.75 Å². The van der Waals surface area contributed by atoms with E-state index in [2.05, 4.69) is 4.99 Å². The monoisotopic (exact) mass is 100 g/mol. The van der Waals surface area contributed by atoms with E-state index in [-0.39, 0.29) is 0 Å². The summed E-state index contributed by atoms with van der Waals surface area (Å²) in [7, 11) is 0. The summed E-state index contributed by atoms with van der Waals surface area (Å²) in [5.74, 6) is 0.862. The zero-order chi connectivity index (χ0) is 4.41. The summed E-state index contributed by atoms with van der Waals surface area (Å²) in [6.07, 6.45) is 1.72. The molecule has 0 aromatic carbocycles. The molecule has 0 aliphatic carbocycles. The molecule has 3 heteroatoms. The van der Waals surface area contributed by atoms with Gasteiger partial charge in [0, 0.05) is 12.0 Å². The first-order valence-corrected chi connectivity index (χ1v) is 2.76. The number of rotatable bonds is 0. The van der Waals surface area contributed by atoms with Gasteiger partial charge in [-0.05, 0) is 0 Å². The lowest BCUT2D eigenvalue weighted by atomic mass is 10.9. The highest BCUT2D eigenvalue weighted by atomic mass is 32.2. The van der Waals surface area contributed by atoms with Crippen LogP contribution in [0.3, 0.4) is 0 Å². The number of nitrogens with zero attached hydrogens (tertiary/aromatic N) is 2. The van der Waals surface area contributed by atoms with Crippen molar-refractivity contribution in [1.29, 1.82) is 0 Å². The maximum absolute atomic E-state index is 8.49. The molecule has 0 saturated carbocycles. The first-order valence-electron chi connectivity index (χ1n) is 1.71. The van der Waals surface area contributed by atoms with Gasteiger partial charge in [0.1, 0.15) is 0 Å². The Bertz CT molecular complexity index is 71.2. The summed E-state index contributed by atoms with van der Waals surface area (Å²) >= 11 is 1.43. The molecule has 0 aromatic heterocycles. The van der Waals surface area contributed by atoms with Gasteiger partial charge >= 0.3 is 0 Å². The number of aliphatic imine (C=N–C) groups is 1. The number of hydrogen-bond donors (Lipinski definition) is 0. The normalized spacial score (nSPS) is 31.8. The summed E-state index contributed by atoms with van der Waals surface area (Å²) in [5.41, 5.74) is 8.03. The van der Waals surface area contributed by atoms with Crippen molar-refractivity contribution in [3.8, 4) is 0 Å². The third-order valence-electron chi connectivity index (χ3n) is 0.553. The van der Waals surface area contributed by atoms with Gasteiger partial charge in [-0.25, -0.2) is 0 Å². The van der Waals surface area contributed by atoms with Crippen LogP contribution in [0.15, 0.2) is 4.99 Å². The Balaban J connectivity index is 2.38. The fraction of sp³-hybridized carbons (Fsp3) is 0.667. The summed E-state index contributed by atoms with van der Waals surface area (Å²) < 4.78 is 0. The predicted octanol–water partition coefficient (Wildman–Crippen LogP) is 0.156. The summed E-state index contributed by atoms with van der Waals surface area (Å²) in [5, 5.41) is 0. The SMILES string of the molecule is [N]C1N=CCS1. The Morgan fingerprint density at radius 2 is 2.83 bits per heavy atom. The Labute approximate surface area is 40.8 Å². The van der Waals surface area contributed by atoms with Gasteiger partial charge in [-0.2, -0.15) is 0 Å². The first kappa shape index (κ1) is 4.15. The van der Waals surface area contributed by atoms with Crippen molar-refractivity contribution in [1.82, 2.24) is 5.73 Å². The second-order valence-electron chi connectivity index (χ2n) is 0.991.